The van der Waals surface area contributed by atoms with Crippen LogP contribution < -0.4 is 30.3 Å². The fourth-order valence-corrected chi connectivity index (χ4v) is 9.60. The number of hydrogen-bond acceptors (Lipinski definition) is 16. The molecule has 0 radical (unpaired) electrons. The molecule has 2 saturated heterocycles. The van der Waals surface area contributed by atoms with Gasteiger partial charge in [-0.3, -0.25) is 19.9 Å². The van der Waals surface area contributed by atoms with Gasteiger partial charge in [-0.1, -0.05) is 23.7 Å². The summed E-state index contributed by atoms with van der Waals surface area (Å²) < 4.78 is 78.4. The van der Waals surface area contributed by atoms with Gasteiger partial charge in [0.25, 0.3) is 0 Å². The second-order valence-corrected chi connectivity index (χ2v) is 19.0. The standard InChI is InChI=1S/C30H26F2N6O2.C15H9ClF2N2.C15H18N4O2/c1-18-29(24-5-3-4-6-34-24)37-26-13-20(31)12-23(32)28(26)30(18)36-25-14-27(38-7-9-40-10-8-38)35-17-22(25)19-11-21(39-2)16-33-15-19;1-8-14(16)13-10(18)6-9(17)7-12(13)20-15(8)11-4-2-3-5-19-11;1-20-12-6-11(8-17-9-12)13-10-18-15(7-14(13)16)19-2-4-21-5-3-19/h3-6,11-17H,7-10H2,1-2H3,(H,35,36,37);2-7H,1H3;6-10H,2-5H2,1H3,(H2,16,18). The predicted octanol–water partition coefficient (Wildman–Crippen LogP) is 12.0. The number of rotatable bonds is 10. The Balaban J connectivity index is 0.000000151. The Bertz CT molecular complexity index is 3880. The number of nitrogens with zero attached hydrogens (tertiary/aromatic N) is 10. The summed E-state index contributed by atoms with van der Waals surface area (Å²) in [5, 5.41) is 4.01. The normalized spacial score (nSPS) is 13.2. The average Bonchev–Trinajstić information content (AvgIpc) is 3.66. The molecule has 2 aliphatic rings. The third-order valence-corrected chi connectivity index (χ3v) is 14.0. The lowest BCUT2D eigenvalue weighted by molar-refractivity contribution is 0.122. The predicted molar refractivity (Wildman–Crippen MR) is 306 cm³/mol. The average molecular weight is 1120 g/mol. The molecule has 3 N–H and O–H groups in total. The maximum atomic E-state index is 15.4. The van der Waals surface area contributed by atoms with Gasteiger partial charge >= 0.3 is 0 Å². The molecular formula is C60H53ClF4N12O4. The highest BCUT2D eigenvalue weighted by Crippen LogP contribution is 2.41. The molecule has 8 aromatic heterocycles. The van der Waals surface area contributed by atoms with Crippen LogP contribution in [0.3, 0.4) is 0 Å². The van der Waals surface area contributed by atoms with Gasteiger partial charge in [0.2, 0.25) is 0 Å². The lowest BCUT2D eigenvalue weighted by Crippen LogP contribution is -2.36. The lowest BCUT2D eigenvalue weighted by Gasteiger charge is -2.28. The smallest absolute Gasteiger partial charge is 0.137 e. The minimum absolute atomic E-state index is 0.130. The topological polar surface area (TPSA) is 185 Å². The molecule has 0 amide bonds. The van der Waals surface area contributed by atoms with E-state index < -0.39 is 23.3 Å². The van der Waals surface area contributed by atoms with Crippen molar-refractivity contribution < 1.29 is 36.5 Å². The van der Waals surface area contributed by atoms with Crippen LogP contribution in [0, 0.1) is 37.1 Å². The molecule has 0 atom stereocenters. The van der Waals surface area contributed by atoms with Gasteiger partial charge in [0.05, 0.1) is 114 Å². The highest BCUT2D eigenvalue weighted by Gasteiger charge is 2.23. The molecule has 0 bridgehead atoms. The van der Waals surface area contributed by atoms with Crippen molar-refractivity contribution in [2.24, 2.45) is 0 Å². The van der Waals surface area contributed by atoms with Crippen LogP contribution in [0.25, 0.3) is 66.8 Å². The van der Waals surface area contributed by atoms with Crippen molar-refractivity contribution in [2.75, 3.05) is 87.7 Å². The van der Waals surface area contributed by atoms with Gasteiger partial charge in [-0.15, -0.1) is 0 Å². The Morgan fingerprint density at radius 1 is 0.568 bits per heavy atom. The summed E-state index contributed by atoms with van der Waals surface area (Å²) in [5.74, 6) is 0.0962. The second-order valence-electron chi connectivity index (χ2n) is 18.6. The fourth-order valence-electron chi connectivity index (χ4n) is 9.33. The van der Waals surface area contributed by atoms with Crippen molar-refractivity contribution in [3.63, 3.8) is 0 Å². The summed E-state index contributed by atoms with van der Waals surface area (Å²) in [7, 11) is 3.19. The Kier molecular flexibility index (Phi) is 17.0. The summed E-state index contributed by atoms with van der Waals surface area (Å²) in [5.41, 5.74) is 15.1. The molecule has 12 rings (SSSR count). The van der Waals surface area contributed by atoms with Crippen LogP contribution in [0.5, 0.6) is 11.5 Å². The van der Waals surface area contributed by atoms with Crippen LogP contribution in [0.2, 0.25) is 5.02 Å². The molecule has 412 valence electrons. The molecule has 0 saturated carbocycles. The molecule has 21 heteroatoms. The molecule has 2 aliphatic heterocycles. The number of halogens is 5. The summed E-state index contributed by atoms with van der Waals surface area (Å²) in [6.45, 7) is 9.31. The number of fused-ring (bicyclic) bond motifs is 2. The van der Waals surface area contributed by atoms with Crippen LogP contribution in [-0.4, -0.2) is 107 Å². The van der Waals surface area contributed by atoms with Crippen molar-refractivity contribution in [1.29, 1.82) is 0 Å². The summed E-state index contributed by atoms with van der Waals surface area (Å²) in [6.07, 6.45) is 13.6. The van der Waals surface area contributed by atoms with E-state index in [1.54, 1.807) is 88.9 Å². The van der Waals surface area contributed by atoms with E-state index in [0.717, 1.165) is 78.4 Å². The monoisotopic (exact) mass is 1120 g/mol. The molecule has 10 heterocycles. The van der Waals surface area contributed by atoms with Crippen LogP contribution in [-0.2, 0) is 9.47 Å². The van der Waals surface area contributed by atoms with Crippen LogP contribution >= 0.6 is 11.6 Å². The largest absolute Gasteiger partial charge is 0.495 e. The molecule has 0 spiro atoms. The molecule has 0 unspecified atom stereocenters. The minimum atomic E-state index is -0.715. The zero-order valence-electron chi connectivity index (χ0n) is 44.4. The number of methoxy groups -OCH3 is 2. The number of aromatic nitrogens is 8. The highest BCUT2D eigenvalue weighted by molar-refractivity contribution is 6.36. The number of nitrogen functional groups attached to an aromatic ring is 1. The molecule has 16 nitrogen and oxygen atoms in total. The van der Waals surface area contributed by atoms with Crippen molar-refractivity contribution in [2.45, 2.75) is 13.8 Å². The Labute approximate surface area is 468 Å². The fraction of sp³-hybridized carbons (Fsp3) is 0.200. The van der Waals surface area contributed by atoms with E-state index in [1.807, 2.05) is 49.4 Å². The molecule has 2 aromatic carbocycles. The number of nitrogens with one attached hydrogen (secondary N) is 1. The number of anilines is 5. The van der Waals surface area contributed by atoms with Gasteiger partial charge < -0.3 is 39.8 Å². The van der Waals surface area contributed by atoms with Gasteiger partial charge in [-0.2, -0.15) is 0 Å². The number of ether oxygens (including phenoxy) is 4. The first kappa shape index (κ1) is 55.2. The lowest BCUT2D eigenvalue weighted by atomic mass is 10.0. The number of hydrogen-bond donors (Lipinski definition) is 2. The zero-order chi connectivity index (χ0) is 56.6. The van der Waals surface area contributed by atoms with Crippen molar-refractivity contribution in [3.8, 4) is 56.5 Å². The number of morpholine rings is 2. The van der Waals surface area contributed by atoms with Gasteiger partial charge in [0.15, 0.2) is 0 Å². The van der Waals surface area contributed by atoms with Crippen LogP contribution in [0.4, 0.5) is 46.3 Å². The third kappa shape index (κ3) is 12.4. The van der Waals surface area contributed by atoms with E-state index in [0.29, 0.717) is 88.8 Å². The van der Waals surface area contributed by atoms with E-state index in [-0.39, 0.29) is 26.8 Å². The molecular weight excluding hydrogens is 1060 g/mol. The Morgan fingerprint density at radius 2 is 1.06 bits per heavy atom. The van der Waals surface area contributed by atoms with Crippen molar-refractivity contribution in [3.05, 3.63) is 174 Å². The molecule has 81 heavy (non-hydrogen) atoms. The molecule has 0 aliphatic carbocycles. The quantitative estimate of drug-likeness (QED) is 0.123. The zero-order valence-corrected chi connectivity index (χ0v) is 45.2. The van der Waals surface area contributed by atoms with Gasteiger partial charge in [0.1, 0.15) is 46.4 Å². The van der Waals surface area contributed by atoms with E-state index in [9.17, 15) is 13.2 Å². The van der Waals surface area contributed by atoms with E-state index >= 15 is 4.39 Å². The number of benzene rings is 2. The molecule has 2 fully saturated rings. The summed E-state index contributed by atoms with van der Waals surface area (Å²) in [6, 6.07) is 22.5. The number of nitrogens with two attached hydrogens (primary N) is 1. The van der Waals surface area contributed by atoms with E-state index in [4.69, 9.17) is 41.3 Å². The van der Waals surface area contributed by atoms with Crippen molar-refractivity contribution >= 4 is 62.1 Å². The Hall–Kier alpha value is -9.11. The highest BCUT2D eigenvalue weighted by atomic mass is 35.5. The van der Waals surface area contributed by atoms with Crippen LogP contribution in [0.1, 0.15) is 11.1 Å². The van der Waals surface area contributed by atoms with E-state index in [2.05, 4.69) is 50.0 Å². The van der Waals surface area contributed by atoms with Gasteiger partial charge in [0, 0.05) is 133 Å². The maximum absolute atomic E-state index is 15.4. The molecule has 10 aromatic rings. The first-order valence-corrected chi connectivity index (χ1v) is 26.0. The third-order valence-electron chi connectivity index (χ3n) is 13.5. The summed E-state index contributed by atoms with van der Waals surface area (Å²) in [4.78, 5) is 39.6. The SMILES string of the molecule is COc1cncc(-c2cnc(N3CCOCC3)cc2N)c1.COc1cncc(-c2cnc(N3CCOCC3)cc2Nc2c(C)c(-c3ccccn3)nc3cc(F)cc(F)c23)c1.Cc1c(-c2ccccn2)nc2cc(F)cc(F)c2c1Cl. The van der Waals surface area contributed by atoms with E-state index in [1.165, 1.54) is 6.07 Å². The first-order valence-electron chi connectivity index (χ1n) is 25.6. The summed E-state index contributed by atoms with van der Waals surface area (Å²) >= 11 is 6.21. The Morgan fingerprint density at radius 3 is 1.58 bits per heavy atom. The van der Waals surface area contributed by atoms with Crippen LogP contribution in [0.15, 0.2) is 135 Å². The second kappa shape index (κ2) is 24.9. The van der Waals surface area contributed by atoms with Gasteiger partial charge in [-0.05, 0) is 55.8 Å². The minimum Gasteiger partial charge on any atom is -0.495 e. The first-order chi connectivity index (χ1) is 39.4. The maximum Gasteiger partial charge on any atom is 0.137 e. The van der Waals surface area contributed by atoms with Crippen molar-refractivity contribution in [1.82, 2.24) is 39.9 Å². The number of pyridine rings is 8. The van der Waals surface area contributed by atoms with Gasteiger partial charge in [-0.25, -0.2) is 37.5 Å².